The zero-order chi connectivity index (χ0) is 14.3. The molecule has 0 aliphatic carbocycles. The minimum Gasteiger partial charge on any atom is -0.491 e. The lowest BCUT2D eigenvalue weighted by Gasteiger charge is -2.07. The molecule has 0 heterocycles. The Kier molecular flexibility index (Phi) is 7.10. The van der Waals surface area contributed by atoms with Gasteiger partial charge in [-0.3, -0.25) is 0 Å². The Balaban J connectivity index is 2.14. The Morgan fingerprint density at radius 2 is 1.89 bits per heavy atom. The van der Waals surface area contributed by atoms with E-state index < -0.39 is 14.9 Å². The lowest BCUT2D eigenvalue weighted by Crippen LogP contribution is -2.00. The number of halogens is 3. The maximum Gasteiger partial charge on any atom is 0.232 e. The summed E-state index contributed by atoms with van der Waals surface area (Å²) in [7, 11) is 1.70. The van der Waals surface area contributed by atoms with E-state index in [1.54, 1.807) is 12.1 Å². The molecule has 0 aliphatic heterocycles. The lowest BCUT2D eigenvalue weighted by atomic mass is 10.2. The van der Waals surface area contributed by atoms with Gasteiger partial charge in [-0.05, 0) is 31.0 Å². The molecule has 0 aliphatic rings. The second kappa shape index (κ2) is 8.07. The Morgan fingerprint density at radius 3 is 2.53 bits per heavy atom. The van der Waals surface area contributed by atoms with Crippen molar-refractivity contribution in [1.82, 2.24) is 0 Å². The first kappa shape index (κ1) is 16.7. The van der Waals surface area contributed by atoms with Gasteiger partial charge in [-0.25, -0.2) is 12.8 Å². The molecule has 0 spiro atoms. The largest absolute Gasteiger partial charge is 0.491 e. The van der Waals surface area contributed by atoms with E-state index in [1.807, 2.05) is 0 Å². The number of hydrogen-bond donors (Lipinski definition) is 0. The number of ether oxygens (including phenoxy) is 1. The van der Waals surface area contributed by atoms with Gasteiger partial charge in [-0.15, -0.1) is 0 Å². The fraction of sp³-hybridized carbons (Fsp3) is 0.500. The molecule has 0 radical (unpaired) electrons. The van der Waals surface area contributed by atoms with E-state index in [-0.39, 0.29) is 11.5 Å². The second-order valence-corrected chi connectivity index (χ2v) is 7.89. The molecule has 0 atom stereocenters. The van der Waals surface area contributed by atoms with Crippen molar-refractivity contribution >= 4 is 35.7 Å². The molecule has 0 unspecified atom stereocenters. The van der Waals surface area contributed by atoms with Crippen molar-refractivity contribution in [1.29, 1.82) is 0 Å². The van der Waals surface area contributed by atoms with Gasteiger partial charge in [0.15, 0.2) is 11.6 Å². The fourth-order valence-corrected chi connectivity index (χ4v) is 2.71. The van der Waals surface area contributed by atoms with Gasteiger partial charge in [-0.2, -0.15) is 0 Å². The summed E-state index contributed by atoms with van der Waals surface area (Å²) in [6, 6.07) is 4.63. The fourth-order valence-electron chi connectivity index (χ4n) is 1.50. The van der Waals surface area contributed by atoms with Crippen molar-refractivity contribution in [2.24, 2.45) is 0 Å². The quantitative estimate of drug-likeness (QED) is 0.509. The van der Waals surface area contributed by atoms with Crippen LogP contribution < -0.4 is 4.74 Å². The average molecular weight is 374 g/mol. The van der Waals surface area contributed by atoms with Crippen molar-refractivity contribution in [2.75, 3.05) is 12.4 Å². The summed E-state index contributed by atoms with van der Waals surface area (Å²) in [5.74, 6) is -0.175. The maximum absolute atomic E-state index is 13.4. The predicted octanol–water partition coefficient (Wildman–Crippen LogP) is 4.10. The van der Waals surface area contributed by atoms with Crippen molar-refractivity contribution in [2.45, 2.75) is 25.7 Å². The molecule has 7 heteroatoms. The van der Waals surface area contributed by atoms with Gasteiger partial charge in [0, 0.05) is 15.2 Å². The number of hydrogen-bond acceptors (Lipinski definition) is 3. The number of benzene rings is 1. The van der Waals surface area contributed by atoms with Gasteiger partial charge in [0.1, 0.15) is 0 Å². The van der Waals surface area contributed by atoms with Crippen LogP contribution in [0.25, 0.3) is 0 Å². The Labute approximate surface area is 125 Å². The van der Waals surface area contributed by atoms with Crippen LogP contribution in [0.4, 0.5) is 4.39 Å². The molecule has 0 fully saturated rings. The third-order valence-corrected chi connectivity index (χ3v) is 4.17. The number of unbranched alkanes of at least 4 members (excludes halogenated alkanes) is 3. The molecule has 0 aromatic heterocycles. The lowest BCUT2D eigenvalue weighted by molar-refractivity contribution is 0.290. The van der Waals surface area contributed by atoms with Crippen LogP contribution in [-0.4, -0.2) is 20.8 Å². The molecular formula is C12H15BrClFO3S. The highest BCUT2D eigenvalue weighted by molar-refractivity contribution is 9.10. The summed E-state index contributed by atoms with van der Waals surface area (Å²) in [5.41, 5.74) is 0. The maximum atomic E-state index is 13.4. The molecule has 1 aromatic rings. The monoisotopic (exact) mass is 372 g/mol. The first-order valence-corrected chi connectivity index (χ1v) is 9.16. The Hall–Kier alpha value is -0.330. The van der Waals surface area contributed by atoms with E-state index in [1.165, 1.54) is 6.07 Å². The van der Waals surface area contributed by atoms with Crippen molar-refractivity contribution in [3.05, 3.63) is 28.5 Å². The van der Waals surface area contributed by atoms with E-state index in [2.05, 4.69) is 15.9 Å². The highest BCUT2D eigenvalue weighted by Gasteiger charge is 2.05. The topological polar surface area (TPSA) is 43.4 Å². The molecular weight excluding hydrogens is 359 g/mol. The normalized spacial score (nSPS) is 11.5. The van der Waals surface area contributed by atoms with Crippen LogP contribution in [0.2, 0.25) is 0 Å². The van der Waals surface area contributed by atoms with Gasteiger partial charge >= 0.3 is 0 Å². The van der Waals surface area contributed by atoms with Gasteiger partial charge in [0.25, 0.3) is 0 Å². The highest BCUT2D eigenvalue weighted by atomic mass is 79.9. The molecule has 0 saturated heterocycles. The standard InChI is InChI=1S/C12H15BrClFO3S/c13-10-5-6-12(11(15)9-10)18-7-3-1-2-4-8-19(14,16)17/h5-6,9H,1-4,7-8H2. The summed E-state index contributed by atoms with van der Waals surface area (Å²) in [6.45, 7) is 0.409. The molecule has 19 heavy (non-hydrogen) atoms. The minimum atomic E-state index is -3.38. The average Bonchev–Trinajstić information content (AvgIpc) is 2.29. The SMILES string of the molecule is O=S(=O)(Cl)CCCCCCOc1ccc(Br)cc1F. The van der Waals surface area contributed by atoms with E-state index in [0.29, 0.717) is 17.5 Å². The van der Waals surface area contributed by atoms with Gasteiger partial charge in [0.05, 0.1) is 12.4 Å². The highest BCUT2D eigenvalue weighted by Crippen LogP contribution is 2.21. The first-order chi connectivity index (χ1) is 8.88. The Morgan fingerprint density at radius 1 is 1.21 bits per heavy atom. The molecule has 1 rings (SSSR count). The summed E-state index contributed by atoms with van der Waals surface area (Å²) >= 11 is 3.17. The van der Waals surface area contributed by atoms with Gasteiger partial charge < -0.3 is 4.74 Å². The summed E-state index contributed by atoms with van der Waals surface area (Å²) in [4.78, 5) is 0. The molecule has 108 valence electrons. The smallest absolute Gasteiger partial charge is 0.232 e. The molecule has 1 aromatic carbocycles. The van der Waals surface area contributed by atoms with Crippen LogP contribution in [0, 0.1) is 5.82 Å². The third-order valence-electron chi connectivity index (χ3n) is 2.43. The van der Waals surface area contributed by atoms with Crippen LogP contribution >= 0.6 is 26.6 Å². The van der Waals surface area contributed by atoms with Crippen molar-refractivity contribution in [3.63, 3.8) is 0 Å². The summed E-state index contributed by atoms with van der Waals surface area (Å²) in [5, 5.41) is 0. The van der Waals surface area contributed by atoms with E-state index >= 15 is 0 Å². The first-order valence-electron chi connectivity index (χ1n) is 5.89. The van der Waals surface area contributed by atoms with Crippen LogP contribution in [0.1, 0.15) is 25.7 Å². The van der Waals surface area contributed by atoms with Crippen LogP contribution in [-0.2, 0) is 9.05 Å². The third kappa shape index (κ3) is 7.74. The summed E-state index contributed by atoms with van der Waals surface area (Å²) < 4.78 is 40.7. The molecule has 0 bridgehead atoms. The summed E-state index contributed by atoms with van der Waals surface area (Å²) in [6.07, 6.45) is 2.87. The molecule has 3 nitrogen and oxygen atoms in total. The minimum absolute atomic E-state index is 0.00322. The van der Waals surface area contributed by atoms with E-state index in [0.717, 1.165) is 19.3 Å². The van der Waals surface area contributed by atoms with Gasteiger partial charge in [-0.1, -0.05) is 28.8 Å². The van der Waals surface area contributed by atoms with Crippen molar-refractivity contribution < 1.29 is 17.5 Å². The zero-order valence-corrected chi connectivity index (χ0v) is 13.4. The zero-order valence-electron chi connectivity index (χ0n) is 10.2. The van der Waals surface area contributed by atoms with Crippen molar-refractivity contribution in [3.8, 4) is 5.75 Å². The van der Waals surface area contributed by atoms with Crippen LogP contribution in [0.3, 0.4) is 0 Å². The van der Waals surface area contributed by atoms with Crippen LogP contribution in [0.5, 0.6) is 5.75 Å². The molecule has 0 saturated carbocycles. The van der Waals surface area contributed by atoms with E-state index in [4.69, 9.17) is 15.4 Å². The number of rotatable bonds is 8. The Bertz CT molecular complexity index is 508. The van der Waals surface area contributed by atoms with E-state index in [9.17, 15) is 12.8 Å². The predicted molar refractivity (Wildman–Crippen MR) is 77.7 cm³/mol. The molecule has 0 N–H and O–H groups in total. The van der Waals surface area contributed by atoms with Gasteiger partial charge in [0.2, 0.25) is 9.05 Å². The molecule has 0 amide bonds. The van der Waals surface area contributed by atoms with Crippen LogP contribution in [0.15, 0.2) is 22.7 Å². The second-order valence-electron chi connectivity index (χ2n) is 4.08.